The van der Waals surface area contributed by atoms with E-state index in [2.05, 4.69) is 34.5 Å². The molecular weight excluding hydrogens is 386 g/mol. The molecule has 0 unspecified atom stereocenters. The highest BCUT2D eigenvalue weighted by molar-refractivity contribution is 6.04. The number of nitrogens with one attached hydrogen (secondary N) is 1. The first-order valence-corrected chi connectivity index (χ1v) is 10.8. The Morgan fingerprint density at radius 3 is 2.55 bits per heavy atom. The summed E-state index contributed by atoms with van der Waals surface area (Å²) in [6.45, 7) is 2.33. The summed E-state index contributed by atoms with van der Waals surface area (Å²) < 4.78 is 0. The molecule has 5 heteroatoms. The number of hydrogen-bond donors (Lipinski definition) is 1. The summed E-state index contributed by atoms with van der Waals surface area (Å²) in [5, 5.41) is 2.99. The number of amides is 2. The van der Waals surface area contributed by atoms with Gasteiger partial charge in [-0.1, -0.05) is 30.3 Å². The number of likely N-dealkylation sites (tertiary alicyclic amines) is 1. The largest absolute Gasteiger partial charge is 0.341 e. The normalized spacial score (nSPS) is 15.3. The quantitative estimate of drug-likeness (QED) is 0.659. The molecule has 5 nitrogen and oxygen atoms in total. The van der Waals surface area contributed by atoms with Crippen molar-refractivity contribution in [2.75, 3.05) is 23.3 Å². The van der Waals surface area contributed by atoms with E-state index in [9.17, 15) is 9.59 Å². The summed E-state index contributed by atoms with van der Waals surface area (Å²) in [5.41, 5.74) is 6.09. The van der Waals surface area contributed by atoms with Crippen LogP contribution in [0, 0.1) is 0 Å². The molecule has 0 radical (unpaired) electrons. The number of carbonyl (C=O) groups excluding carboxylic acids is 2. The molecule has 3 aromatic rings. The summed E-state index contributed by atoms with van der Waals surface area (Å²) in [7, 11) is 0. The van der Waals surface area contributed by atoms with Gasteiger partial charge >= 0.3 is 0 Å². The van der Waals surface area contributed by atoms with Gasteiger partial charge in [-0.25, -0.2) is 0 Å². The Labute approximate surface area is 182 Å². The van der Waals surface area contributed by atoms with Crippen molar-refractivity contribution < 1.29 is 9.59 Å². The van der Waals surface area contributed by atoms with Gasteiger partial charge in [-0.3, -0.25) is 9.59 Å². The molecule has 0 bridgehead atoms. The highest BCUT2D eigenvalue weighted by atomic mass is 16.2. The van der Waals surface area contributed by atoms with E-state index in [1.54, 1.807) is 6.07 Å². The molecule has 1 saturated heterocycles. The topological polar surface area (TPSA) is 52.7 Å². The monoisotopic (exact) mass is 411 g/mol. The first-order valence-electron chi connectivity index (χ1n) is 10.8. The van der Waals surface area contributed by atoms with E-state index in [1.165, 1.54) is 11.3 Å². The van der Waals surface area contributed by atoms with Gasteiger partial charge in [0.1, 0.15) is 0 Å². The van der Waals surface area contributed by atoms with Gasteiger partial charge in [0.2, 0.25) is 5.91 Å². The van der Waals surface area contributed by atoms with Gasteiger partial charge in [-0.2, -0.15) is 0 Å². The maximum atomic E-state index is 12.8. The second kappa shape index (κ2) is 8.26. The second-order valence-electron chi connectivity index (χ2n) is 8.15. The lowest BCUT2D eigenvalue weighted by molar-refractivity contribution is -0.128. The number of hydrogen-bond acceptors (Lipinski definition) is 3. The molecule has 0 saturated carbocycles. The average molecular weight is 412 g/mol. The Bertz CT molecular complexity index is 1120. The summed E-state index contributed by atoms with van der Waals surface area (Å²) in [6.07, 6.45) is 2.59. The Morgan fingerprint density at radius 1 is 0.903 bits per heavy atom. The van der Waals surface area contributed by atoms with Crippen LogP contribution in [0.1, 0.15) is 34.3 Å². The van der Waals surface area contributed by atoms with Crippen molar-refractivity contribution in [2.24, 2.45) is 0 Å². The van der Waals surface area contributed by atoms with E-state index in [0.717, 1.165) is 42.9 Å². The summed E-state index contributed by atoms with van der Waals surface area (Å²) in [5.74, 6) is 0.0458. The minimum atomic E-state index is -0.145. The smallest absolute Gasteiger partial charge is 0.255 e. The van der Waals surface area contributed by atoms with Crippen LogP contribution in [-0.2, 0) is 17.8 Å². The molecule has 3 aromatic carbocycles. The van der Waals surface area contributed by atoms with Crippen LogP contribution in [0.15, 0.2) is 72.8 Å². The molecule has 0 spiro atoms. The van der Waals surface area contributed by atoms with Gasteiger partial charge in [0.05, 0.1) is 0 Å². The number of rotatable bonds is 5. The van der Waals surface area contributed by atoms with E-state index in [1.807, 2.05) is 47.4 Å². The third kappa shape index (κ3) is 4.04. The second-order valence-corrected chi connectivity index (χ2v) is 8.15. The molecule has 156 valence electrons. The van der Waals surface area contributed by atoms with Crippen LogP contribution in [0.4, 0.5) is 17.1 Å². The van der Waals surface area contributed by atoms with Crippen molar-refractivity contribution in [1.82, 2.24) is 4.90 Å². The molecule has 1 N–H and O–H groups in total. The van der Waals surface area contributed by atoms with Crippen LogP contribution >= 0.6 is 0 Å². The first kappa shape index (κ1) is 19.4. The van der Waals surface area contributed by atoms with Gasteiger partial charge in [0.15, 0.2) is 0 Å². The zero-order valence-electron chi connectivity index (χ0n) is 17.4. The van der Waals surface area contributed by atoms with Crippen molar-refractivity contribution in [1.29, 1.82) is 0 Å². The number of carbonyl (C=O) groups is 2. The lowest BCUT2D eigenvalue weighted by atomic mass is 10.1. The minimum Gasteiger partial charge on any atom is -0.341 e. The van der Waals surface area contributed by atoms with Gasteiger partial charge in [0.25, 0.3) is 5.91 Å². The zero-order valence-corrected chi connectivity index (χ0v) is 17.4. The molecule has 1 fully saturated rings. The maximum absolute atomic E-state index is 12.8. The highest BCUT2D eigenvalue weighted by Crippen LogP contribution is 2.34. The first-order chi connectivity index (χ1) is 15.2. The average Bonchev–Trinajstić information content (AvgIpc) is 3.41. The number of para-hydroxylation sites is 1. The molecule has 31 heavy (non-hydrogen) atoms. The third-order valence-electron chi connectivity index (χ3n) is 6.06. The van der Waals surface area contributed by atoms with Gasteiger partial charge in [0, 0.05) is 48.7 Å². The van der Waals surface area contributed by atoms with Crippen LogP contribution in [-0.4, -0.2) is 29.8 Å². The molecule has 2 aliphatic rings. The van der Waals surface area contributed by atoms with Gasteiger partial charge in [-0.05, 0) is 66.4 Å². The highest BCUT2D eigenvalue weighted by Gasteiger charge is 2.21. The molecule has 2 heterocycles. The van der Waals surface area contributed by atoms with E-state index in [4.69, 9.17) is 0 Å². The lowest BCUT2D eigenvalue weighted by Gasteiger charge is -2.20. The lowest BCUT2D eigenvalue weighted by Crippen LogP contribution is -2.24. The van der Waals surface area contributed by atoms with Crippen LogP contribution < -0.4 is 10.2 Å². The summed E-state index contributed by atoms with van der Waals surface area (Å²) in [6, 6.07) is 24.0. The van der Waals surface area contributed by atoms with E-state index < -0.39 is 0 Å². The minimum absolute atomic E-state index is 0.145. The molecule has 0 atom stereocenters. The van der Waals surface area contributed by atoms with Crippen LogP contribution in [0.2, 0.25) is 0 Å². The molecule has 0 aromatic heterocycles. The predicted octanol–water partition coefficient (Wildman–Crippen LogP) is 4.76. The molecule has 0 aliphatic carbocycles. The van der Waals surface area contributed by atoms with E-state index in [-0.39, 0.29) is 11.8 Å². The van der Waals surface area contributed by atoms with Crippen molar-refractivity contribution >= 4 is 28.9 Å². The van der Waals surface area contributed by atoms with E-state index in [0.29, 0.717) is 18.5 Å². The van der Waals surface area contributed by atoms with Crippen LogP contribution in [0.3, 0.4) is 0 Å². The molecule has 5 rings (SSSR count). The van der Waals surface area contributed by atoms with Crippen molar-refractivity contribution in [2.45, 2.75) is 25.8 Å². The third-order valence-corrected chi connectivity index (χ3v) is 6.06. The van der Waals surface area contributed by atoms with Crippen LogP contribution in [0.25, 0.3) is 0 Å². The predicted molar refractivity (Wildman–Crippen MR) is 123 cm³/mol. The molecule has 2 aliphatic heterocycles. The van der Waals surface area contributed by atoms with Crippen molar-refractivity contribution in [3.05, 3.63) is 89.5 Å². The zero-order chi connectivity index (χ0) is 21.2. The van der Waals surface area contributed by atoms with Gasteiger partial charge < -0.3 is 15.1 Å². The van der Waals surface area contributed by atoms with Crippen LogP contribution in [0.5, 0.6) is 0 Å². The number of benzene rings is 3. The maximum Gasteiger partial charge on any atom is 0.255 e. The fourth-order valence-electron chi connectivity index (χ4n) is 4.44. The summed E-state index contributed by atoms with van der Waals surface area (Å²) in [4.78, 5) is 28.8. The number of nitrogens with zero attached hydrogens (tertiary/aromatic N) is 2. The Balaban J connectivity index is 1.26. The van der Waals surface area contributed by atoms with E-state index >= 15 is 0 Å². The Kier molecular flexibility index (Phi) is 5.16. The number of anilines is 3. The van der Waals surface area contributed by atoms with Crippen molar-refractivity contribution in [3.63, 3.8) is 0 Å². The fourth-order valence-corrected chi connectivity index (χ4v) is 4.44. The Hall–Kier alpha value is -3.60. The van der Waals surface area contributed by atoms with Crippen molar-refractivity contribution in [3.8, 4) is 0 Å². The van der Waals surface area contributed by atoms with Gasteiger partial charge in [-0.15, -0.1) is 0 Å². The Morgan fingerprint density at radius 2 is 1.74 bits per heavy atom. The summed E-state index contributed by atoms with van der Waals surface area (Å²) >= 11 is 0. The molecule has 2 amide bonds. The molecular formula is C26H25N3O2. The standard InChI is InChI=1S/C26H25N3O2/c30-25-9-4-15-28(25)18-19-5-3-7-21(17-19)26(31)27-22-10-12-23(13-11-22)29-16-14-20-6-1-2-8-24(20)29/h1-3,5-8,10-13,17H,4,9,14-16,18H2,(H,27,31). The number of fused-ring (bicyclic) bond motifs is 1. The fraction of sp³-hybridized carbons (Fsp3) is 0.231. The SMILES string of the molecule is O=C(Nc1ccc(N2CCc3ccccc32)cc1)c1cccc(CN2CCCC2=O)c1.